The fraction of sp³-hybridized carbons (Fsp3) is 0.550. The van der Waals surface area contributed by atoms with Crippen LogP contribution in [0.15, 0.2) is 29.1 Å². The monoisotopic (exact) mass is 356 g/mol. The maximum absolute atomic E-state index is 12.4. The number of piperidine rings is 1. The predicted octanol–water partition coefficient (Wildman–Crippen LogP) is 2.09. The minimum Gasteiger partial charge on any atom is -0.355 e. The Morgan fingerprint density at radius 2 is 2.08 bits per heavy atom. The van der Waals surface area contributed by atoms with Crippen LogP contribution in [-0.2, 0) is 11.3 Å². The zero-order valence-electron chi connectivity index (χ0n) is 15.7. The van der Waals surface area contributed by atoms with Gasteiger partial charge in [-0.2, -0.15) is 0 Å². The molecule has 1 aromatic heterocycles. The number of fused-ring (bicyclic) bond motifs is 1. The van der Waals surface area contributed by atoms with E-state index in [9.17, 15) is 9.59 Å². The van der Waals surface area contributed by atoms with Crippen LogP contribution in [0.3, 0.4) is 0 Å². The van der Waals surface area contributed by atoms with E-state index in [1.807, 2.05) is 24.3 Å². The van der Waals surface area contributed by atoms with E-state index in [1.54, 1.807) is 11.5 Å². The molecule has 0 unspecified atom stereocenters. The third kappa shape index (κ3) is 4.30. The van der Waals surface area contributed by atoms with E-state index in [0.29, 0.717) is 31.2 Å². The highest BCUT2D eigenvalue weighted by molar-refractivity contribution is 5.77. The molecule has 6 heteroatoms. The van der Waals surface area contributed by atoms with Gasteiger partial charge >= 0.3 is 0 Å². The van der Waals surface area contributed by atoms with Gasteiger partial charge in [-0.3, -0.25) is 14.5 Å². The Labute approximate surface area is 154 Å². The number of benzene rings is 1. The SMILES string of the molecule is Cc1nc2ccccc2n(CCC(=O)NCCN2CCCC[C@H]2C)c1=O. The molecule has 1 N–H and O–H groups in total. The molecule has 1 fully saturated rings. The van der Waals surface area contributed by atoms with Gasteiger partial charge in [-0.25, -0.2) is 4.98 Å². The van der Waals surface area contributed by atoms with E-state index < -0.39 is 0 Å². The summed E-state index contributed by atoms with van der Waals surface area (Å²) in [5, 5.41) is 2.99. The third-order valence-corrected chi connectivity index (χ3v) is 5.24. The number of hydrogen-bond acceptors (Lipinski definition) is 4. The lowest BCUT2D eigenvalue weighted by molar-refractivity contribution is -0.121. The number of nitrogens with one attached hydrogen (secondary N) is 1. The number of rotatable bonds is 6. The molecule has 0 radical (unpaired) electrons. The van der Waals surface area contributed by atoms with Crippen molar-refractivity contribution in [2.75, 3.05) is 19.6 Å². The highest BCUT2D eigenvalue weighted by Gasteiger charge is 2.17. The van der Waals surface area contributed by atoms with Gasteiger partial charge in [0.2, 0.25) is 5.91 Å². The van der Waals surface area contributed by atoms with Crippen molar-refractivity contribution in [3.05, 3.63) is 40.3 Å². The first kappa shape index (κ1) is 18.6. The van der Waals surface area contributed by atoms with Crippen LogP contribution in [0, 0.1) is 6.92 Å². The number of carbonyl (C=O) groups is 1. The van der Waals surface area contributed by atoms with Gasteiger partial charge in [0, 0.05) is 32.1 Å². The molecule has 2 aromatic rings. The number of para-hydroxylation sites is 2. The second-order valence-electron chi connectivity index (χ2n) is 7.12. The molecule has 0 bridgehead atoms. The van der Waals surface area contributed by atoms with Crippen molar-refractivity contribution < 1.29 is 4.79 Å². The zero-order chi connectivity index (χ0) is 18.5. The van der Waals surface area contributed by atoms with Crippen LogP contribution in [-0.4, -0.2) is 46.0 Å². The average Bonchev–Trinajstić information content (AvgIpc) is 2.64. The van der Waals surface area contributed by atoms with Crippen molar-refractivity contribution in [2.45, 2.75) is 52.1 Å². The minimum atomic E-state index is -0.126. The number of likely N-dealkylation sites (tertiary alicyclic amines) is 1. The van der Waals surface area contributed by atoms with Gasteiger partial charge in [-0.1, -0.05) is 18.6 Å². The molecule has 0 saturated carbocycles. The topological polar surface area (TPSA) is 67.2 Å². The van der Waals surface area contributed by atoms with Crippen molar-refractivity contribution in [3.63, 3.8) is 0 Å². The summed E-state index contributed by atoms with van der Waals surface area (Å²) in [6, 6.07) is 8.15. The number of aromatic nitrogens is 2. The first-order valence-corrected chi connectivity index (χ1v) is 9.53. The molecule has 1 saturated heterocycles. The molecule has 1 atom stereocenters. The Hall–Kier alpha value is -2.21. The summed E-state index contributed by atoms with van der Waals surface area (Å²) in [6.45, 7) is 7.01. The van der Waals surface area contributed by atoms with Crippen LogP contribution in [0.5, 0.6) is 0 Å². The highest BCUT2D eigenvalue weighted by Crippen LogP contribution is 2.15. The van der Waals surface area contributed by atoms with E-state index in [-0.39, 0.29) is 11.5 Å². The van der Waals surface area contributed by atoms with Crippen LogP contribution < -0.4 is 10.9 Å². The summed E-state index contributed by atoms with van der Waals surface area (Å²) < 4.78 is 1.66. The predicted molar refractivity (Wildman–Crippen MR) is 103 cm³/mol. The fourth-order valence-electron chi connectivity index (χ4n) is 3.67. The molecule has 3 rings (SSSR count). The summed E-state index contributed by atoms with van der Waals surface area (Å²) in [7, 11) is 0. The number of nitrogens with zero attached hydrogens (tertiary/aromatic N) is 3. The average molecular weight is 356 g/mol. The van der Waals surface area contributed by atoms with Crippen LogP contribution in [0.1, 0.15) is 38.3 Å². The van der Waals surface area contributed by atoms with E-state index in [1.165, 1.54) is 19.3 Å². The molecular weight excluding hydrogens is 328 g/mol. The maximum atomic E-state index is 12.4. The van der Waals surface area contributed by atoms with Crippen molar-refractivity contribution >= 4 is 16.9 Å². The maximum Gasteiger partial charge on any atom is 0.272 e. The van der Waals surface area contributed by atoms with Gasteiger partial charge < -0.3 is 9.88 Å². The lowest BCUT2D eigenvalue weighted by Crippen LogP contribution is -2.42. The number of carbonyl (C=O) groups excluding carboxylic acids is 1. The van der Waals surface area contributed by atoms with E-state index in [2.05, 4.69) is 22.1 Å². The molecule has 1 aliphatic heterocycles. The van der Waals surface area contributed by atoms with Crippen molar-refractivity contribution in [3.8, 4) is 0 Å². The molecular formula is C20H28N4O2. The molecule has 1 aromatic carbocycles. The van der Waals surface area contributed by atoms with Crippen LogP contribution in [0.25, 0.3) is 11.0 Å². The Morgan fingerprint density at radius 3 is 2.88 bits per heavy atom. The Bertz CT molecular complexity index is 830. The highest BCUT2D eigenvalue weighted by atomic mass is 16.2. The summed E-state index contributed by atoms with van der Waals surface area (Å²) in [5.41, 5.74) is 1.89. The van der Waals surface area contributed by atoms with Gasteiger partial charge in [-0.15, -0.1) is 0 Å². The third-order valence-electron chi connectivity index (χ3n) is 5.24. The number of hydrogen-bond donors (Lipinski definition) is 1. The van der Waals surface area contributed by atoms with Crippen LogP contribution in [0.4, 0.5) is 0 Å². The van der Waals surface area contributed by atoms with Crippen LogP contribution in [0.2, 0.25) is 0 Å². The Balaban J connectivity index is 1.55. The zero-order valence-corrected chi connectivity index (χ0v) is 15.7. The summed E-state index contributed by atoms with van der Waals surface area (Å²) in [6.07, 6.45) is 4.09. The molecule has 140 valence electrons. The van der Waals surface area contributed by atoms with Crippen molar-refractivity contribution in [1.82, 2.24) is 19.8 Å². The van der Waals surface area contributed by atoms with Gasteiger partial charge in [0.25, 0.3) is 5.56 Å². The first-order chi connectivity index (χ1) is 12.6. The van der Waals surface area contributed by atoms with Crippen molar-refractivity contribution in [1.29, 1.82) is 0 Å². The summed E-state index contributed by atoms with van der Waals surface area (Å²) >= 11 is 0. The Kier molecular flexibility index (Phi) is 6.04. The second kappa shape index (κ2) is 8.45. The molecule has 1 aliphatic rings. The smallest absolute Gasteiger partial charge is 0.272 e. The van der Waals surface area contributed by atoms with Gasteiger partial charge in [0.05, 0.1) is 11.0 Å². The lowest BCUT2D eigenvalue weighted by Gasteiger charge is -2.33. The van der Waals surface area contributed by atoms with E-state index in [4.69, 9.17) is 0 Å². The molecule has 1 amide bonds. The Morgan fingerprint density at radius 1 is 1.27 bits per heavy atom. The molecule has 6 nitrogen and oxygen atoms in total. The molecule has 26 heavy (non-hydrogen) atoms. The molecule has 0 spiro atoms. The van der Waals surface area contributed by atoms with Crippen molar-refractivity contribution in [2.24, 2.45) is 0 Å². The number of amides is 1. The van der Waals surface area contributed by atoms with Gasteiger partial charge in [0.15, 0.2) is 0 Å². The fourth-order valence-corrected chi connectivity index (χ4v) is 3.67. The largest absolute Gasteiger partial charge is 0.355 e. The summed E-state index contributed by atoms with van der Waals surface area (Å²) in [5.74, 6) is -0.0138. The minimum absolute atomic E-state index is 0.0138. The van der Waals surface area contributed by atoms with E-state index >= 15 is 0 Å². The molecule has 2 heterocycles. The standard InChI is InChI=1S/C20H28N4O2/c1-15-7-5-6-12-23(15)14-11-21-19(25)10-13-24-18-9-4-3-8-17(18)22-16(2)20(24)26/h3-4,8-9,15H,5-7,10-14H2,1-2H3,(H,21,25)/t15-/m1/s1. The lowest BCUT2D eigenvalue weighted by atomic mass is 10.0. The molecule has 0 aliphatic carbocycles. The first-order valence-electron chi connectivity index (χ1n) is 9.53. The number of aryl methyl sites for hydroxylation is 2. The van der Waals surface area contributed by atoms with Gasteiger partial charge in [0.1, 0.15) is 5.69 Å². The normalized spacial score (nSPS) is 18.2. The van der Waals surface area contributed by atoms with E-state index in [0.717, 1.165) is 24.1 Å². The van der Waals surface area contributed by atoms with Crippen LogP contribution >= 0.6 is 0 Å². The second-order valence-corrected chi connectivity index (χ2v) is 7.12. The van der Waals surface area contributed by atoms with Gasteiger partial charge in [-0.05, 0) is 45.4 Å². The summed E-state index contributed by atoms with van der Waals surface area (Å²) in [4.78, 5) is 31.4. The quantitative estimate of drug-likeness (QED) is 0.861.